The summed E-state index contributed by atoms with van der Waals surface area (Å²) < 4.78 is 1.78. The summed E-state index contributed by atoms with van der Waals surface area (Å²) in [5.74, 6) is 0.806. The molecule has 0 N–H and O–H groups in total. The van der Waals surface area contributed by atoms with Gasteiger partial charge in [0.15, 0.2) is 5.82 Å². The summed E-state index contributed by atoms with van der Waals surface area (Å²) in [5, 5.41) is 4.57. The zero-order valence-corrected chi connectivity index (χ0v) is 7.34. The van der Waals surface area contributed by atoms with Crippen molar-refractivity contribution in [2.75, 3.05) is 0 Å². The fourth-order valence-corrected chi connectivity index (χ4v) is 0.909. The van der Waals surface area contributed by atoms with Gasteiger partial charge in [-0.1, -0.05) is 11.6 Å². The predicted octanol–water partition coefficient (Wildman–Crippen LogP) is 2.19. The van der Waals surface area contributed by atoms with Crippen molar-refractivity contribution in [2.24, 2.45) is 4.99 Å². The van der Waals surface area contributed by atoms with Crippen molar-refractivity contribution in [3.05, 3.63) is 12.3 Å². The molecule has 0 saturated carbocycles. The number of nitrogens with zero attached hydrogens (tertiary/aromatic N) is 3. The van der Waals surface area contributed by atoms with Crippen LogP contribution in [0.2, 0.25) is 0 Å². The fourth-order valence-electron chi connectivity index (χ4n) is 0.822. The van der Waals surface area contributed by atoms with E-state index in [0.717, 1.165) is 12.4 Å². The molecule has 0 atom stereocenters. The van der Waals surface area contributed by atoms with E-state index in [0.29, 0.717) is 5.17 Å². The van der Waals surface area contributed by atoms with E-state index >= 15 is 0 Å². The van der Waals surface area contributed by atoms with Crippen molar-refractivity contribution in [3.63, 3.8) is 0 Å². The van der Waals surface area contributed by atoms with Gasteiger partial charge in [0, 0.05) is 12.6 Å². The third-order valence-electron chi connectivity index (χ3n) is 1.26. The lowest BCUT2D eigenvalue weighted by atomic mass is 10.6. The minimum Gasteiger partial charge on any atom is -0.248 e. The van der Waals surface area contributed by atoms with Gasteiger partial charge in [0.25, 0.3) is 0 Å². The maximum Gasteiger partial charge on any atom is 0.151 e. The molecule has 0 aromatic carbocycles. The Bertz CT molecular complexity index is 260. The molecule has 0 amide bonds. The highest BCUT2D eigenvalue weighted by atomic mass is 35.5. The molecule has 3 nitrogen and oxygen atoms in total. The summed E-state index contributed by atoms with van der Waals surface area (Å²) in [7, 11) is 0. The Morgan fingerprint density at radius 3 is 3.09 bits per heavy atom. The van der Waals surface area contributed by atoms with Crippen LogP contribution in [-0.4, -0.2) is 15.0 Å². The summed E-state index contributed by atoms with van der Waals surface area (Å²) in [6, 6.07) is 1.83. The summed E-state index contributed by atoms with van der Waals surface area (Å²) >= 11 is 5.61. The molecule has 1 heterocycles. The molecule has 0 radical (unpaired) electrons. The van der Waals surface area contributed by atoms with Crippen molar-refractivity contribution < 1.29 is 0 Å². The zero-order chi connectivity index (χ0) is 8.27. The average Bonchev–Trinajstić information content (AvgIpc) is 2.34. The minimum absolute atomic E-state index is 0.528. The van der Waals surface area contributed by atoms with Crippen molar-refractivity contribution >= 4 is 22.6 Å². The van der Waals surface area contributed by atoms with E-state index in [4.69, 9.17) is 11.6 Å². The van der Waals surface area contributed by atoms with Gasteiger partial charge in [-0.25, -0.2) is 9.67 Å². The van der Waals surface area contributed by atoms with Crippen LogP contribution in [0.4, 0.5) is 5.82 Å². The fraction of sp³-hybridized carbons (Fsp3) is 0.429. The molecular formula is C7H10ClN3. The van der Waals surface area contributed by atoms with Gasteiger partial charge in [-0.05, 0) is 13.8 Å². The molecule has 0 aliphatic heterocycles. The highest BCUT2D eigenvalue weighted by molar-refractivity contribution is 6.65. The predicted molar refractivity (Wildman–Crippen MR) is 46.5 cm³/mol. The van der Waals surface area contributed by atoms with Gasteiger partial charge in [0.05, 0.1) is 6.20 Å². The first kappa shape index (κ1) is 8.27. The number of hydrogen-bond acceptors (Lipinski definition) is 2. The Hall–Kier alpha value is -0.830. The topological polar surface area (TPSA) is 30.2 Å². The summed E-state index contributed by atoms with van der Waals surface area (Å²) in [6.07, 6.45) is 1.71. The third-order valence-corrected chi connectivity index (χ3v) is 1.35. The lowest BCUT2D eigenvalue weighted by molar-refractivity contribution is 0.664. The summed E-state index contributed by atoms with van der Waals surface area (Å²) in [5.41, 5.74) is 0. The summed E-state index contributed by atoms with van der Waals surface area (Å²) in [6.45, 7) is 4.57. The molecule has 0 aliphatic carbocycles. The van der Waals surface area contributed by atoms with Crippen LogP contribution in [0.25, 0.3) is 0 Å². The minimum atomic E-state index is 0.528. The molecule has 60 valence electrons. The van der Waals surface area contributed by atoms with Crippen LogP contribution in [0.5, 0.6) is 0 Å². The quantitative estimate of drug-likeness (QED) is 0.628. The molecule has 0 saturated heterocycles. The van der Waals surface area contributed by atoms with Gasteiger partial charge in [-0.3, -0.25) is 0 Å². The van der Waals surface area contributed by atoms with Crippen LogP contribution in [-0.2, 0) is 6.54 Å². The number of aryl methyl sites for hydroxylation is 1. The van der Waals surface area contributed by atoms with Crippen LogP contribution in [0.1, 0.15) is 13.8 Å². The Kier molecular flexibility index (Phi) is 2.65. The molecular weight excluding hydrogens is 162 g/mol. The van der Waals surface area contributed by atoms with Crippen molar-refractivity contribution in [1.29, 1.82) is 0 Å². The number of halogens is 1. The highest BCUT2D eigenvalue weighted by Gasteiger charge is 1.96. The van der Waals surface area contributed by atoms with E-state index < -0.39 is 0 Å². The molecule has 0 spiro atoms. The molecule has 1 aromatic rings. The number of aromatic nitrogens is 2. The van der Waals surface area contributed by atoms with E-state index in [-0.39, 0.29) is 0 Å². The van der Waals surface area contributed by atoms with Crippen molar-refractivity contribution in [1.82, 2.24) is 9.78 Å². The van der Waals surface area contributed by atoms with Crippen LogP contribution in [0, 0.1) is 0 Å². The second-order valence-corrected chi connectivity index (χ2v) is 2.66. The molecule has 0 unspecified atom stereocenters. The second kappa shape index (κ2) is 3.53. The first-order valence-corrected chi connectivity index (χ1v) is 3.84. The molecule has 1 aromatic heterocycles. The van der Waals surface area contributed by atoms with Gasteiger partial charge in [-0.15, -0.1) is 0 Å². The van der Waals surface area contributed by atoms with E-state index in [1.54, 1.807) is 17.8 Å². The lowest BCUT2D eigenvalue weighted by Gasteiger charge is -1.97. The molecule has 0 bridgehead atoms. The molecule has 0 fully saturated rings. The largest absolute Gasteiger partial charge is 0.248 e. The smallest absolute Gasteiger partial charge is 0.151 e. The van der Waals surface area contributed by atoms with E-state index in [1.165, 1.54) is 0 Å². The van der Waals surface area contributed by atoms with Crippen LogP contribution in [0.15, 0.2) is 17.3 Å². The van der Waals surface area contributed by atoms with Crippen molar-refractivity contribution in [2.45, 2.75) is 20.4 Å². The SMILES string of the molecule is CCn1nccc1N=C(C)Cl. The van der Waals surface area contributed by atoms with Gasteiger partial charge in [-0.2, -0.15) is 5.10 Å². The lowest BCUT2D eigenvalue weighted by Crippen LogP contribution is -1.95. The summed E-state index contributed by atoms with van der Waals surface area (Å²) in [4.78, 5) is 4.07. The molecule has 4 heteroatoms. The Morgan fingerprint density at radius 1 is 1.82 bits per heavy atom. The maximum atomic E-state index is 5.61. The Labute approximate surface area is 70.7 Å². The Morgan fingerprint density at radius 2 is 2.55 bits per heavy atom. The zero-order valence-electron chi connectivity index (χ0n) is 6.58. The highest BCUT2D eigenvalue weighted by Crippen LogP contribution is 2.11. The number of rotatable bonds is 2. The second-order valence-electron chi connectivity index (χ2n) is 2.11. The number of aliphatic imine (C=N–C) groups is 1. The average molecular weight is 172 g/mol. The first-order chi connectivity index (χ1) is 5.24. The Balaban J connectivity index is 2.93. The van der Waals surface area contributed by atoms with Gasteiger partial charge in [0.2, 0.25) is 0 Å². The van der Waals surface area contributed by atoms with Crippen LogP contribution < -0.4 is 0 Å². The van der Waals surface area contributed by atoms with Crippen molar-refractivity contribution in [3.8, 4) is 0 Å². The normalized spacial score (nSPS) is 12.1. The molecule has 0 aliphatic rings. The number of hydrogen-bond donors (Lipinski definition) is 0. The van der Waals surface area contributed by atoms with E-state index in [2.05, 4.69) is 10.1 Å². The van der Waals surface area contributed by atoms with Crippen LogP contribution in [0.3, 0.4) is 0 Å². The van der Waals surface area contributed by atoms with Crippen LogP contribution >= 0.6 is 11.6 Å². The third kappa shape index (κ3) is 2.05. The maximum absolute atomic E-state index is 5.61. The van der Waals surface area contributed by atoms with Gasteiger partial charge < -0.3 is 0 Å². The standard InChI is InChI=1S/C7H10ClN3/c1-3-11-7(4-5-9-11)10-6(2)8/h4-5H,3H2,1-2H3. The van der Waals surface area contributed by atoms with Gasteiger partial charge in [0.1, 0.15) is 5.17 Å². The molecule has 1 rings (SSSR count). The molecule has 11 heavy (non-hydrogen) atoms. The van der Waals surface area contributed by atoms with E-state index in [9.17, 15) is 0 Å². The van der Waals surface area contributed by atoms with Gasteiger partial charge >= 0.3 is 0 Å². The monoisotopic (exact) mass is 171 g/mol. The van der Waals surface area contributed by atoms with E-state index in [1.807, 2.05) is 13.0 Å². The first-order valence-electron chi connectivity index (χ1n) is 3.46.